The molecule has 0 aromatic heterocycles. The average molecular weight is 521 g/mol. The fourth-order valence-electron chi connectivity index (χ4n) is 6.57. The standard InChI is InChI=1S/C29H48N2O6/c1-19(2)9-10-23-28(5,37-23)26-25(34-6)22(11-12-29(26)18-35-29)36-24(32)17-21(20(3)4)27(33)30-13-16-31-14-7-8-15-31/h9,20-23,25-26H,7-8,10-18H2,1-6H3,(H,30,33)/t21-,22-,23-,25-,26-,28-,29+/m1/s1. The molecule has 1 N–H and O–H groups in total. The molecule has 3 heterocycles. The summed E-state index contributed by atoms with van der Waals surface area (Å²) in [5.41, 5.74) is 0.645. The number of likely N-dealkylation sites (tertiary alicyclic amines) is 1. The summed E-state index contributed by atoms with van der Waals surface area (Å²) in [6.07, 6.45) is 6.51. The summed E-state index contributed by atoms with van der Waals surface area (Å²) >= 11 is 0. The molecule has 4 rings (SSSR count). The Kier molecular flexibility index (Phi) is 9.04. The van der Waals surface area contributed by atoms with Gasteiger partial charge in [-0.1, -0.05) is 25.5 Å². The first-order valence-corrected chi connectivity index (χ1v) is 14.3. The van der Waals surface area contributed by atoms with Crippen molar-refractivity contribution >= 4 is 11.9 Å². The quantitative estimate of drug-likeness (QED) is 0.239. The van der Waals surface area contributed by atoms with E-state index in [1.807, 2.05) is 13.8 Å². The van der Waals surface area contributed by atoms with Crippen LogP contribution in [0.5, 0.6) is 0 Å². The highest BCUT2D eigenvalue weighted by atomic mass is 16.6. The molecule has 0 radical (unpaired) electrons. The van der Waals surface area contributed by atoms with Gasteiger partial charge in [0.05, 0.1) is 31.0 Å². The molecule has 8 heteroatoms. The van der Waals surface area contributed by atoms with E-state index >= 15 is 0 Å². The third-order valence-corrected chi connectivity index (χ3v) is 8.97. The normalized spacial score (nSPS) is 35.9. The van der Waals surface area contributed by atoms with Crippen molar-refractivity contribution in [2.75, 3.05) is 39.9 Å². The Bertz CT molecular complexity index is 845. The molecule has 0 aromatic rings. The smallest absolute Gasteiger partial charge is 0.306 e. The van der Waals surface area contributed by atoms with Crippen molar-refractivity contribution in [3.05, 3.63) is 11.6 Å². The minimum absolute atomic E-state index is 0.0121. The molecule has 1 saturated carbocycles. The van der Waals surface area contributed by atoms with Crippen LogP contribution in [-0.2, 0) is 28.5 Å². The molecule has 0 bridgehead atoms. The number of amides is 1. The number of ether oxygens (including phenoxy) is 4. The Morgan fingerprint density at radius 3 is 2.51 bits per heavy atom. The number of hydrogen-bond donors (Lipinski definition) is 1. The Labute approximate surface area is 222 Å². The summed E-state index contributed by atoms with van der Waals surface area (Å²) in [6.45, 7) is 14.7. The largest absolute Gasteiger partial charge is 0.460 e. The predicted octanol–water partition coefficient (Wildman–Crippen LogP) is 3.48. The minimum atomic E-state index is -0.415. The molecular weight excluding hydrogens is 472 g/mol. The van der Waals surface area contributed by atoms with Crippen LogP contribution >= 0.6 is 0 Å². The highest BCUT2D eigenvalue weighted by Gasteiger charge is 2.72. The third kappa shape index (κ3) is 6.57. The molecule has 210 valence electrons. The van der Waals surface area contributed by atoms with Gasteiger partial charge in [0.2, 0.25) is 5.91 Å². The third-order valence-electron chi connectivity index (χ3n) is 8.97. The lowest BCUT2D eigenvalue weighted by Gasteiger charge is -2.42. The molecule has 4 aliphatic rings. The summed E-state index contributed by atoms with van der Waals surface area (Å²) < 4.78 is 24.3. The summed E-state index contributed by atoms with van der Waals surface area (Å²) in [4.78, 5) is 28.4. The molecule has 0 aromatic carbocycles. The number of nitrogens with one attached hydrogen (secondary N) is 1. The number of carbonyl (C=O) groups is 2. The van der Waals surface area contributed by atoms with Gasteiger partial charge in [-0.3, -0.25) is 9.59 Å². The summed E-state index contributed by atoms with van der Waals surface area (Å²) in [5, 5.41) is 3.05. The lowest BCUT2D eigenvalue weighted by Crippen LogP contribution is -2.55. The zero-order valence-corrected chi connectivity index (χ0v) is 23.7. The zero-order chi connectivity index (χ0) is 26.8. The predicted molar refractivity (Wildman–Crippen MR) is 141 cm³/mol. The highest BCUT2D eigenvalue weighted by molar-refractivity contribution is 5.84. The molecule has 1 amide bonds. The molecule has 3 saturated heterocycles. The number of hydrogen-bond acceptors (Lipinski definition) is 7. The number of carbonyl (C=O) groups excluding carboxylic acids is 2. The summed E-state index contributed by atoms with van der Waals surface area (Å²) in [7, 11) is 1.68. The van der Waals surface area contributed by atoms with Gasteiger partial charge in [-0.05, 0) is 71.9 Å². The van der Waals surface area contributed by atoms with Gasteiger partial charge in [0, 0.05) is 20.2 Å². The number of epoxide rings is 2. The zero-order valence-electron chi connectivity index (χ0n) is 23.7. The second kappa shape index (κ2) is 11.7. The van der Waals surface area contributed by atoms with Gasteiger partial charge in [-0.2, -0.15) is 0 Å². The van der Waals surface area contributed by atoms with Crippen molar-refractivity contribution in [2.24, 2.45) is 17.8 Å². The Morgan fingerprint density at radius 1 is 1.22 bits per heavy atom. The van der Waals surface area contributed by atoms with Gasteiger partial charge in [-0.25, -0.2) is 0 Å². The SMILES string of the molecule is CO[C@@H]1[C@H](OC(=O)C[C@@H](C(=O)NCCN2CCCC2)C(C)C)CC[C@]2(CO2)[C@H]1[C@]1(C)O[C@@H]1CC=C(C)C. The van der Waals surface area contributed by atoms with Crippen LogP contribution in [0.4, 0.5) is 0 Å². The van der Waals surface area contributed by atoms with E-state index in [1.54, 1.807) is 7.11 Å². The highest BCUT2D eigenvalue weighted by Crippen LogP contribution is 2.59. The maximum absolute atomic E-state index is 13.1. The van der Waals surface area contributed by atoms with Crippen molar-refractivity contribution in [1.82, 2.24) is 10.2 Å². The number of rotatable bonds is 12. The summed E-state index contributed by atoms with van der Waals surface area (Å²) in [5.74, 6) is -0.796. The molecule has 1 spiro atoms. The number of allylic oxidation sites excluding steroid dienone is 1. The van der Waals surface area contributed by atoms with Crippen LogP contribution in [0.25, 0.3) is 0 Å². The van der Waals surface area contributed by atoms with E-state index in [9.17, 15) is 9.59 Å². The Hall–Kier alpha value is -1.48. The van der Waals surface area contributed by atoms with Crippen molar-refractivity contribution in [1.29, 1.82) is 0 Å². The van der Waals surface area contributed by atoms with E-state index in [0.29, 0.717) is 19.6 Å². The lowest BCUT2D eigenvalue weighted by atomic mass is 9.68. The van der Waals surface area contributed by atoms with E-state index in [1.165, 1.54) is 18.4 Å². The summed E-state index contributed by atoms with van der Waals surface area (Å²) in [6, 6.07) is 0. The maximum atomic E-state index is 13.1. The Balaban J connectivity index is 1.35. The van der Waals surface area contributed by atoms with Gasteiger partial charge in [0.25, 0.3) is 0 Å². The molecule has 0 unspecified atom stereocenters. The fraction of sp³-hybridized carbons (Fsp3) is 0.862. The van der Waals surface area contributed by atoms with Crippen LogP contribution < -0.4 is 5.32 Å². The van der Waals surface area contributed by atoms with Crippen LogP contribution in [0, 0.1) is 17.8 Å². The van der Waals surface area contributed by atoms with E-state index in [4.69, 9.17) is 18.9 Å². The van der Waals surface area contributed by atoms with Gasteiger partial charge < -0.3 is 29.2 Å². The van der Waals surface area contributed by atoms with Crippen LogP contribution in [0.2, 0.25) is 0 Å². The molecule has 7 atom stereocenters. The van der Waals surface area contributed by atoms with E-state index in [2.05, 4.69) is 37.1 Å². The first kappa shape index (κ1) is 28.5. The van der Waals surface area contributed by atoms with Crippen molar-refractivity contribution in [3.8, 4) is 0 Å². The molecule has 1 aliphatic carbocycles. The lowest BCUT2D eigenvalue weighted by molar-refractivity contribution is -0.173. The van der Waals surface area contributed by atoms with Crippen LogP contribution in [0.1, 0.15) is 73.1 Å². The van der Waals surface area contributed by atoms with Gasteiger partial charge in [-0.15, -0.1) is 0 Å². The molecule has 8 nitrogen and oxygen atoms in total. The maximum Gasteiger partial charge on any atom is 0.306 e. The second-order valence-corrected chi connectivity index (χ2v) is 12.3. The average Bonchev–Trinajstić information content (AvgIpc) is 3.69. The number of esters is 1. The molecule has 3 aliphatic heterocycles. The first-order valence-electron chi connectivity index (χ1n) is 14.3. The first-order chi connectivity index (χ1) is 17.6. The van der Waals surface area contributed by atoms with Crippen LogP contribution in [-0.4, -0.2) is 86.2 Å². The number of nitrogens with zero attached hydrogens (tertiary/aromatic N) is 1. The van der Waals surface area contributed by atoms with Crippen molar-refractivity contribution in [3.63, 3.8) is 0 Å². The van der Waals surface area contributed by atoms with Crippen molar-refractivity contribution in [2.45, 2.75) is 103 Å². The molecular formula is C29H48N2O6. The van der Waals surface area contributed by atoms with Gasteiger partial charge >= 0.3 is 5.97 Å². The van der Waals surface area contributed by atoms with Gasteiger partial charge in [0.15, 0.2) is 0 Å². The minimum Gasteiger partial charge on any atom is -0.460 e. The van der Waals surface area contributed by atoms with E-state index in [-0.39, 0.29) is 59.6 Å². The fourth-order valence-corrected chi connectivity index (χ4v) is 6.57. The van der Waals surface area contributed by atoms with Gasteiger partial charge in [0.1, 0.15) is 23.4 Å². The van der Waals surface area contributed by atoms with Crippen molar-refractivity contribution < 1.29 is 28.5 Å². The van der Waals surface area contributed by atoms with E-state index in [0.717, 1.165) is 32.5 Å². The Morgan fingerprint density at radius 2 is 1.92 bits per heavy atom. The molecule has 37 heavy (non-hydrogen) atoms. The number of methoxy groups -OCH3 is 1. The van der Waals surface area contributed by atoms with Crippen LogP contribution in [0.15, 0.2) is 11.6 Å². The molecule has 4 fully saturated rings. The monoisotopic (exact) mass is 520 g/mol. The topological polar surface area (TPSA) is 92.9 Å². The van der Waals surface area contributed by atoms with Crippen LogP contribution in [0.3, 0.4) is 0 Å². The second-order valence-electron chi connectivity index (χ2n) is 12.3. The van der Waals surface area contributed by atoms with E-state index < -0.39 is 5.92 Å².